The molecule has 1 N–H and O–H groups in total. The first kappa shape index (κ1) is 31.1. The van der Waals surface area contributed by atoms with Crippen LogP contribution in [0.5, 0.6) is 0 Å². The molecule has 0 saturated carbocycles. The molecule has 0 radical (unpaired) electrons. The van der Waals surface area contributed by atoms with Gasteiger partial charge in [0.1, 0.15) is 0 Å². The molecule has 8 nitrogen and oxygen atoms in total. The molecule has 7 heterocycles. The Morgan fingerprint density at radius 3 is 1.22 bits per heavy atom. The van der Waals surface area contributed by atoms with E-state index in [4.69, 9.17) is 4.98 Å². The van der Waals surface area contributed by atoms with Gasteiger partial charge in [-0.1, -0.05) is 24.3 Å². The van der Waals surface area contributed by atoms with Gasteiger partial charge in [-0.15, -0.1) is 0 Å². The second-order valence-corrected chi connectivity index (χ2v) is 10.2. The molecule has 10 heteroatoms. The van der Waals surface area contributed by atoms with E-state index in [0.717, 1.165) is 28.3 Å². The van der Waals surface area contributed by atoms with Crippen LogP contribution in [0.15, 0.2) is 139 Å². The number of aromatic nitrogens is 6. The summed E-state index contributed by atoms with van der Waals surface area (Å²) in [5.74, 6) is -1.01. The molecule has 0 saturated heterocycles. The Morgan fingerprint density at radius 2 is 0.911 bits per heavy atom. The summed E-state index contributed by atoms with van der Waals surface area (Å²) in [6, 6.07) is 31.8. The molecule has 0 aliphatic rings. The molecule has 0 spiro atoms. The van der Waals surface area contributed by atoms with Crippen molar-refractivity contribution in [1.29, 1.82) is 0 Å². The summed E-state index contributed by atoms with van der Waals surface area (Å²) in [6.07, 6.45) is 6.86. The minimum Gasteiger partial charge on any atom is -0.478 e. The Bertz CT molecular complexity index is 1860. The van der Waals surface area contributed by atoms with Crippen LogP contribution in [0.2, 0.25) is 0 Å². The minimum atomic E-state index is -1.01. The molecule has 0 atom stereocenters. The third kappa shape index (κ3) is 7.81. The van der Waals surface area contributed by atoms with Gasteiger partial charge < -0.3 is 5.11 Å². The maximum absolute atomic E-state index is 11.3. The Hall–Kier alpha value is -5.31. The van der Waals surface area contributed by atoms with E-state index in [1.807, 2.05) is 48.5 Å². The average molecular weight is 694 g/mol. The Morgan fingerprint density at radius 1 is 0.511 bits per heavy atom. The predicted octanol–water partition coefficient (Wildman–Crippen LogP) is 7.84. The van der Waals surface area contributed by atoms with E-state index < -0.39 is 5.97 Å². The van der Waals surface area contributed by atoms with Crippen molar-refractivity contribution in [3.63, 3.8) is 0 Å². The molecule has 218 valence electrons. The van der Waals surface area contributed by atoms with Gasteiger partial charge in [0.2, 0.25) is 0 Å². The van der Waals surface area contributed by atoms with Gasteiger partial charge in [-0.25, -0.2) is 14.8 Å². The van der Waals surface area contributed by atoms with Crippen LogP contribution in [0.3, 0.4) is 0 Å². The fourth-order valence-corrected chi connectivity index (χ4v) is 5.03. The monoisotopic (exact) mass is 694 g/mol. The Kier molecular flexibility index (Phi) is 10.3. The van der Waals surface area contributed by atoms with Crippen LogP contribution in [0.25, 0.3) is 56.7 Å². The van der Waals surface area contributed by atoms with E-state index >= 15 is 0 Å². The van der Waals surface area contributed by atoms with Gasteiger partial charge >= 0.3 is 25.4 Å². The second kappa shape index (κ2) is 14.9. The Labute approximate surface area is 276 Å². The molecule has 0 amide bonds. The van der Waals surface area contributed by atoms with Crippen molar-refractivity contribution in [2.24, 2.45) is 0 Å². The van der Waals surface area contributed by atoms with Gasteiger partial charge in [-0.05, 0) is 101 Å². The molecule has 0 unspecified atom stereocenters. The quantitative estimate of drug-likeness (QED) is 0.175. The van der Waals surface area contributed by atoms with Crippen molar-refractivity contribution in [3.05, 3.63) is 144 Å². The fourth-order valence-electron chi connectivity index (χ4n) is 4.36. The topological polar surface area (TPSA) is 115 Å². The number of aromatic carboxylic acids is 1. The fraction of sp³-hybridized carbons (Fsp3) is 0. The number of carbonyl (C=O) groups is 1. The van der Waals surface area contributed by atoms with Gasteiger partial charge in [-0.3, -0.25) is 19.9 Å². The second-order valence-electron chi connectivity index (χ2n) is 9.43. The number of hydrogen-bond acceptors (Lipinski definition) is 8. The first-order chi connectivity index (χ1) is 21.6. The smallest absolute Gasteiger partial charge is 0.478 e. The summed E-state index contributed by atoms with van der Waals surface area (Å²) in [5, 5.41) is 13.5. The minimum absolute atomic E-state index is 0. The summed E-state index contributed by atoms with van der Waals surface area (Å²) in [4.78, 5) is 37.8. The molecule has 0 aliphatic heterocycles. The van der Waals surface area contributed by atoms with Crippen LogP contribution < -0.4 is 0 Å². The van der Waals surface area contributed by atoms with Crippen LogP contribution in [0.1, 0.15) is 10.4 Å². The molecule has 0 fully saturated rings. The summed E-state index contributed by atoms with van der Waals surface area (Å²) < 4.78 is 0. The number of hydrogen-bond donors (Lipinski definition) is 1. The molecule has 7 aromatic heterocycles. The number of rotatable bonds is 6. The van der Waals surface area contributed by atoms with Crippen molar-refractivity contribution < 1.29 is 29.4 Å². The van der Waals surface area contributed by atoms with Crippen molar-refractivity contribution in [1.82, 2.24) is 29.9 Å². The maximum Gasteiger partial charge on any atom is 2.00 e. The normalized spacial score (nSPS) is 10.2. The van der Waals surface area contributed by atoms with Crippen LogP contribution in [-0.2, 0) is 19.5 Å². The van der Waals surface area contributed by atoms with Crippen LogP contribution >= 0.6 is 11.3 Å². The van der Waals surface area contributed by atoms with E-state index in [9.17, 15) is 9.90 Å². The molecule has 7 aromatic rings. The molecule has 7 rings (SSSR count). The van der Waals surface area contributed by atoms with Crippen LogP contribution in [0.4, 0.5) is 0 Å². The zero-order valence-corrected chi connectivity index (χ0v) is 26.1. The standard InChI is InChI=1S/C19H13N3S.C16H11N3O2.Ru/c1-3-8-20-16(5-1)18-11-15(14-7-10-23-13-14)12-19(22-18)17-6-2-4-9-21-17;20-16(21)11-9-14(12-5-1-3-7-17-12)19-15(10-11)13-6-2-4-8-18-13;/h1-13H;1-10H,(H,20,21);/q;;+2. The molecule has 0 aromatic carbocycles. The van der Waals surface area contributed by atoms with Gasteiger partial charge in [0, 0.05) is 24.8 Å². The zero-order chi connectivity index (χ0) is 30.1. The predicted molar refractivity (Wildman–Crippen MR) is 172 cm³/mol. The van der Waals surface area contributed by atoms with E-state index in [-0.39, 0.29) is 25.0 Å². The van der Waals surface area contributed by atoms with Gasteiger partial charge in [0.25, 0.3) is 0 Å². The third-order valence-electron chi connectivity index (χ3n) is 6.46. The van der Waals surface area contributed by atoms with E-state index in [2.05, 4.69) is 53.9 Å². The summed E-state index contributed by atoms with van der Waals surface area (Å²) >= 11 is 1.69. The van der Waals surface area contributed by atoms with Gasteiger partial charge in [-0.2, -0.15) is 11.3 Å². The molecule has 45 heavy (non-hydrogen) atoms. The summed E-state index contributed by atoms with van der Waals surface area (Å²) in [5.41, 5.74) is 8.18. The van der Waals surface area contributed by atoms with Crippen molar-refractivity contribution in [2.45, 2.75) is 0 Å². The summed E-state index contributed by atoms with van der Waals surface area (Å²) in [7, 11) is 0. The number of nitrogens with zero attached hydrogens (tertiary/aromatic N) is 6. The molecular weight excluding hydrogens is 670 g/mol. The van der Waals surface area contributed by atoms with Crippen LogP contribution in [0, 0.1) is 0 Å². The van der Waals surface area contributed by atoms with E-state index in [1.165, 1.54) is 17.7 Å². The van der Waals surface area contributed by atoms with Gasteiger partial charge in [0.05, 0.1) is 51.1 Å². The maximum atomic E-state index is 11.3. The van der Waals surface area contributed by atoms with E-state index in [1.54, 1.807) is 60.4 Å². The average Bonchev–Trinajstić information content (AvgIpc) is 3.65. The number of carboxylic acids is 1. The van der Waals surface area contributed by atoms with Crippen LogP contribution in [-0.4, -0.2) is 41.0 Å². The van der Waals surface area contributed by atoms with Crippen molar-refractivity contribution in [3.8, 4) is 56.7 Å². The molecular formula is C35H24N6O2RuS+2. The zero-order valence-electron chi connectivity index (χ0n) is 23.6. The third-order valence-corrected chi connectivity index (χ3v) is 7.14. The SMILES string of the molecule is O=C(O)c1cc(-c2ccccn2)nc(-c2ccccn2)c1.[Ru+2].c1ccc(-c2cc(-c3ccsc3)cc(-c3ccccn3)n2)nc1. The number of carboxylic acid groups (broad SMARTS) is 1. The molecule has 0 aliphatic carbocycles. The molecule has 0 bridgehead atoms. The van der Waals surface area contributed by atoms with Crippen molar-refractivity contribution in [2.75, 3.05) is 0 Å². The number of pyridine rings is 6. The Balaban J connectivity index is 0.000000175. The van der Waals surface area contributed by atoms with Gasteiger partial charge in [0.15, 0.2) is 0 Å². The van der Waals surface area contributed by atoms with Crippen molar-refractivity contribution >= 4 is 17.3 Å². The largest absolute Gasteiger partial charge is 2.00 e. The van der Waals surface area contributed by atoms with E-state index in [0.29, 0.717) is 22.8 Å². The number of thiophene rings is 1. The first-order valence-electron chi connectivity index (χ1n) is 13.6. The first-order valence-corrected chi connectivity index (χ1v) is 14.5. The summed E-state index contributed by atoms with van der Waals surface area (Å²) in [6.45, 7) is 0.